The van der Waals surface area contributed by atoms with E-state index >= 15 is 0 Å². The molecule has 0 unspecified atom stereocenters. The molecule has 1 aromatic carbocycles. The Labute approximate surface area is 73.3 Å². The van der Waals surface area contributed by atoms with Gasteiger partial charge < -0.3 is 4.74 Å². The van der Waals surface area contributed by atoms with Gasteiger partial charge in [0.05, 0.1) is 12.3 Å². The smallest absolute Gasteiger partial charge is 0.144 e. The molecule has 2 nitrogen and oxygen atoms in total. The highest BCUT2D eigenvalue weighted by Crippen LogP contribution is 2.21. The summed E-state index contributed by atoms with van der Waals surface area (Å²) < 4.78 is 5.39. The lowest BCUT2D eigenvalue weighted by atomic mass is 10.3. The quantitative estimate of drug-likeness (QED) is 0.630. The van der Waals surface area contributed by atoms with Crippen molar-refractivity contribution in [3.63, 3.8) is 0 Å². The maximum atomic E-state index is 7.48. The van der Waals surface area contributed by atoms with Crippen LogP contribution in [0.2, 0.25) is 0 Å². The molecule has 0 heterocycles. The summed E-state index contributed by atoms with van der Waals surface area (Å²) in [6.45, 7) is 2.84. The summed E-state index contributed by atoms with van der Waals surface area (Å²) in [5.41, 5.74) is 7.95. The maximum Gasteiger partial charge on any atom is 0.144 e. The van der Waals surface area contributed by atoms with E-state index in [0.717, 1.165) is 12.8 Å². The van der Waals surface area contributed by atoms with Crippen molar-refractivity contribution in [1.29, 1.82) is 0 Å². The first-order chi connectivity index (χ1) is 5.84. The minimum Gasteiger partial charge on any atom is -0.491 e. The molecule has 2 heteroatoms. The van der Waals surface area contributed by atoms with Gasteiger partial charge in [-0.3, -0.25) is 5.73 Å². The zero-order valence-electron chi connectivity index (χ0n) is 7.34. The third kappa shape index (κ3) is 2.46. The number of ether oxygens (including phenoxy) is 1. The number of rotatable bonds is 4. The molecule has 65 valence electrons. The molecule has 1 rings (SSSR count). The van der Waals surface area contributed by atoms with Crippen LogP contribution < -0.4 is 10.5 Å². The van der Waals surface area contributed by atoms with Crippen molar-refractivity contribution in [3.05, 3.63) is 24.3 Å². The SMILES string of the molecule is CCCCOc1ccccc1[NH]. The second-order valence-corrected chi connectivity index (χ2v) is 2.70. The van der Waals surface area contributed by atoms with Crippen LogP contribution in [0.15, 0.2) is 24.3 Å². The molecule has 0 atom stereocenters. The molecule has 0 aliphatic heterocycles. The highest BCUT2D eigenvalue weighted by molar-refractivity contribution is 5.48. The minimum atomic E-state index is 0.466. The number of para-hydroxylation sites is 1. The van der Waals surface area contributed by atoms with Crippen molar-refractivity contribution >= 4 is 5.69 Å². The van der Waals surface area contributed by atoms with Gasteiger partial charge in [-0.2, -0.15) is 0 Å². The Kier molecular flexibility index (Phi) is 3.45. The van der Waals surface area contributed by atoms with E-state index in [1.165, 1.54) is 0 Å². The largest absolute Gasteiger partial charge is 0.491 e. The first kappa shape index (κ1) is 8.91. The van der Waals surface area contributed by atoms with Crippen LogP contribution in [0.3, 0.4) is 0 Å². The van der Waals surface area contributed by atoms with Gasteiger partial charge in [-0.25, -0.2) is 0 Å². The standard InChI is InChI=1S/C10H14NO/c1-2-3-8-12-10-7-5-4-6-9(10)11/h4-7,11H,2-3,8H2,1H3. The minimum absolute atomic E-state index is 0.466. The molecule has 0 amide bonds. The van der Waals surface area contributed by atoms with E-state index in [1.54, 1.807) is 6.07 Å². The zero-order valence-corrected chi connectivity index (χ0v) is 7.34. The second-order valence-electron chi connectivity index (χ2n) is 2.70. The van der Waals surface area contributed by atoms with Crippen LogP contribution in [0.1, 0.15) is 19.8 Å². The van der Waals surface area contributed by atoms with Gasteiger partial charge in [0.15, 0.2) is 0 Å². The molecule has 0 aromatic heterocycles. The number of hydrogen-bond donors (Lipinski definition) is 0. The fraction of sp³-hybridized carbons (Fsp3) is 0.400. The Balaban J connectivity index is 2.46. The maximum absolute atomic E-state index is 7.48. The summed E-state index contributed by atoms with van der Waals surface area (Å²) in [6.07, 6.45) is 2.18. The summed E-state index contributed by atoms with van der Waals surface area (Å²) in [4.78, 5) is 0. The topological polar surface area (TPSA) is 33.0 Å². The fourth-order valence-electron chi connectivity index (χ4n) is 0.919. The molecule has 12 heavy (non-hydrogen) atoms. The molecule has 0 saturated heterocycles. The highest BCUT2D eigenvalue weighted by atomic mass is 16.5. The molecular weight excluding hydrogens is 150 g/mol. The van der Waals surface area contributed by atoms with Crippen LogP contribution in [-0.4, -0.2) is 6.61 Å². The zero-order chi connectivity index (χ0) is 8.81. The van der Waals surface area contributed by atoms with Gasteiger partial charge in [-0.15, -0.1) is 0 Å². The first-order valence-corrected chi connectivity index (χ1v) is 4.28. The molecule has 0 bridgehead atoms. The van der Waals surface area contributed by atoms with Gasteiger partial charge in [0.25, 0.3) is 0 Å². The van der Waals surface area contributed by atoms with Crippen molar-refractivity contribution < 1.29 is 4.74 Å². The lowest BCUT2D eigenvalue weighted by Crippen LogP contribution is -1.96. The molecule has 0 aliphatic rings. The third-order valence-corrected chi connectivity index (χ3v) is 1.64. The Morgan fingerprint density at radius 3 is 2.75 bits per heavy atom. The van der Waals surface area contributed by atoms with Crippen molar-refractivity contribution in [2.75, 3.05) is 6.61 Å². The van der Waals surface area contributed by atoms with Crippen LogP contribution in [0, 0.1) is 0 Å². The van der Waals surface area contributed by atoms with Crippen molar-refractivity contribution in [3.8, 4) is 5.75 Å². The summed E-state index contributed by atoms with van der Waals surface area (Å²) in [6, 6.07) is 7.30. The summed E-state index contributed by atoms with van der Waals surface area (Å²) >= 11 is 0. The fourth-order valence-corrected chi connectivity index (χ4v) is 0.919. The highest BCUT2D eigenvalue weighted by Gasteiger charge is 1.96. The Morgan fingerprint density at radius 2 is 2.08 bits per heavy atom. The van der Waals surface area contributed by atoms with Gasteiger partial charge in [0.2, 0.25) is 0 Å². The number of benzene rings is 1. The van der Waals surface area contributed by atoms with E-state index in [9.17, 15) is 0 Å². The van der Waals surface area contributed by atoms with Gasteiger partial charge in [0.1, 0.15) is 5.75 Å². The molecule has 1 radical (unpaired) electrons. The van der Waals surface area contributed by atoms with Crippen molar-refractivity contribution in [2.45, 2.75) is 19.8 Å². The Bertz CT molecular complexity index is 235. The van der Waals surface area contributed by atoms with Crippen LogP contribution in [0.5, 0.6) is 5.75 Å². The van der Waals surface area contributed by atoms with E-state index in [-0.39, 0.29) is 0 Å². The van der Waals surface area contributed by atoms with E-state index in [0.29, 0.717) is 18.0 Å². The van der Waals surface area contributed by atoms with Crippen LogP contribution in [0.25, 0.3) is 0 Å². The van der Waals surface area contributed by atoms with Crippen LogP contribution in [-0.2, 0) is 0 Å². The van der Waals surface area contributed by atoms with Gasteiger partial charge >= 0.3 is 0 Å². The average Bonchev–Trinajstić information content (AvgIpc) is 2.09. The van der Waals surface area contributed by atoms with Gasteiger partial charge in [-0.05, 0) is 18.6 Å². The summed E-state index contributed by atoms with van der Waals surface area (Å²) in [7, 11) is 0. The monoisotopic (exact) mass is 164 g/mol. The predicted molar refractivity (Wildman–Crippen MR) is 49.6 cm³/mol. The number of nitrogens with one attached hydrogen (secondary N) is 1. The van der Waals surface area contributed by atoms with E-state index in [1.807, 2.05) is 18.2 Å². The number of hydrogen-bond acceptors (Lipinski definition) is 1. The molecule has 0 aliphatic carbocycles. The van der Waals surface area contributed by atoms with Crippen molar-refractivity contribution in [2.24, 2.45) is 0 Å². The Morgan fingerprint density at radius 1 is 1.33 bits per heavy atom. The number of unbranched alkanes of at least 4 members (excludes halogenated alkanes) is 1. The lowest BCUT2D eigenvalue weighted by molar-refractivity contribution is 0.310. The predicted octanol–water partition coefficient (Wildman–Crippen LogP) is 2.78. The molecule has 0 fully saturated rings. The molecule has 0 spiro atoms. The van der Waals surface area contributed by atoms with Crippen LogP contribution in [0.4, 0.5) is 5.69 Å². The van der Waals surface area contributed by atoms with Crippen LogP contribution >= 0.6 is 0 Å². The van der Waals surface area contributed by atoms with E-state index in [4.69, 9.17) is 10.5 Å². The first-order valence-electron chi connectivity index (χ1n) is 4.28. The van der Waals surface area contributed by atoms with E-state index < -0.39 is 0 Å². The Hall–Kier alpha value is -1.18. The normalized spacial score (nSPS) is 9.75. The molecule has 0 saturated carbocycles. The molecule has 1 N–H and O–H groups in total. The average molecular weight is 164 g/mol. The van der Waals surface area contributed by atoms with Gasteiger partial charge in [0, 0.05) is 0 Å². The second kappa shape index (κ2) is 4.65. The van der Waals surface area contributed by atoms with Crippen molar-refractivity contribution in [1.82, 2.24) is 5.73 Å². The molecular formula is C10H14NO. The summed E-state index contributed by atoms with van der Waals surface area (Å²) in [5, 5.41) is 0. The molecule has 1 aromatic rings. The summed E-state index contributed by atoms with van der Waals surface area (Å²) in [5.74, 6) is 0.686. The van der Waals surface area contributed by atoms with E-state index in [2.05, 4.69) is 6.92 Å². The third-order valence-electron chi connectivity index (χ3n) is 1.64. The lowest BCUT2D eigenvalue weighted by Gasteiger charge is -2.06. The van der Waals surface area contributed by atoms with Gasteiger partial charge in [-0.1, -0.05) is 25.5 Å².